The molecule has 1 unspecified atom stereocenters. The minimum atomic E-state index is -0.401. The second kappa shape index (κ2) is 9.93. The van der Waals surface area contributed by atoms with Crippen molar-refractivity contribution in [3.63, 3.8) is 0 Å². The number of amides is 1. The van der Waals surface area contributed by atoms with E-state index in [2.05, 4.69) is 27.8 Å². The third kappa shape index (κ3) is 5.98. The molecule has 186 valence electrons. The molecule has 1 saturated carbocycles. The number of likely N-dealkylation sites (tertiary alicyclic amines) is 1. The quantitative estimate of drug-likeness (QED) is 0.440. The van der Waals surface area contributed by atoms with E-state index in [4.69, 9.17) is 14.5 Å². The SMILES string of the molecule is CC1C[C@@H]1CC(C)(C)OC(=O)N1CCC(c2nc(COc3ccc(-n4cnnn4)cc3)cs2)CC1. The van der Waals surface area contributed by atoms with Gasteiger partial charge in [-0.25, -0.2) is 14.5 Å². The van der Waals surface area contributed by atoms with Crippen LogP contribution in [0.4, 0.5) is 4.79 Å². The van der Waals surface area contributed by atoms with E-state index in [-0.39, 0.29) is 6.09 Å². The van der Waals surface area contributed by atoms with E-state index < -0.39 is 5.60 Å². The Morgan fingerprint density at radius 2 is 1.94 bits per heavy atom. The molecule has 9 nitrogen and oxygen atoms in total. The van der Waals surface area contributed by atoms with Crippen molar-refractivity contribution in [2.24, 2.45) is 11.8 Å². The Morgan fingerprint density at radius 1 is 1.20 bits per heavy atom. The van der Waals surface area contributed by atoms with Crippen LogP contribution in [-0.4, -0.2) is 54.9 Å². The number of hydrogen-bond donors (Lipinski definition) is 0. The lowest BCUT2D eigenvalue weighted by Gasteiger charge is -2.34. The molecule has 3 heterocycles. The lowest BCUT2D eigenvalue weighted by Crippen LogP contribution is -2.42. The molecular formula is C25H32N6O3S. The van der Waals surface area contributed by atoms with Gasteiger partial charge < -0.3 is 14.4 Å². The van der Waals surface area contributed by atoms with Crippen molar-refractivity contribution in [2.75, 3.05) is 13.1 Å². The molecule has 5 rings (SSSR count). The molecule has 1 amide bonds. The molecule has 3 aromatic rings. The predicted octanol–water partition coefficient (Wildman–Crippen LogP) is 4.84. The minimum Gasteiger partial charge on any atom is -0.487 e. The standard InChI is InChI=1S/C25H32N6O3S/c1-17-12-19(17)13-25(2,3)34-24(32)30-10-8-18(9-11-30)23-27-20(15-35-23)14-33-22-6-4-21(5-7-22)31-16-26-28-29-31/h4-7,15-19H,8-14H2,1-3H3/t17?,19-/m1/s1. The average molecular weight is 497 g/mol. The maximum absolute atomic E-state index is 12.7. The molecular weight excluding hydrogens is 464 g/mol. The van der Waals surface area contributed by atoms with Crippen LogP contribution in [0.3, 0.4) is 0 Å². The number of carbonyl (C=O) groups is 1. The molecule has 1 aliphatic carbocycles. The third-order valence-electron chi connectivity index (χ3n) is 6.90. The zero-order chi connectivity index (χ0) is 24.4. The van der Waals surface area contributed by atoms with Gasteiger partial charge in [0, 0.05) is 24.4 Å². The molecule has 35 heavy (non-hydrogen) atoms. The first-order chi connectivity index (χ1) is 16.9. The van der Waals surface area contributed by atoms with E-state index in [0.29, 0.717) is 31.5 Å². The van der Waals surface area contributed by atoms with Gasteiger partial charge in [0.2, 0.25) is 0 Å². The molecule has 1 aliphatic heterocycles. The Bertz CT molecular complexity index is 1120. The van der Waals surface area contributed by atoms with Gasteiger partial charge >= 0.3 is 6.09 Å². The number of ether oxygens (including phenoxy) is 2. The summed E-state index contributed by atoms with van der Waals surface area (Å²) in [4.78, 5) is 19.4. The smallest absolute Gasteiger partial charge is 0.410 e. The number of rotatable bonds is 8. The van der Waals surface area contributed by atoms with E-state index in [9.17, 15) is 4.79 Å². The van der Waals surface area contributed by atoms with Gasteiger partial charge in [-0.3, -0.25) is 0 Å². The lowest BCUT2D eigenvalue weighted by atomic mass is 9.97. The van der Waals surface area contributed by atoms with Crippen LogP contribution in [0, 0.1) is 11.8 Å². The van der Waals surface area contributed by atoms with E-state index in [1.165, 1.54) is 6.42 Å². The van der Waals surface area contributed by atoms with Crippen molar-refractivity contribution in [1.82, 2.24) is 30.1 Å². The van der Waals surface area contributed by atoms with Crippen molar-refractivity contribution in [1.29, 1.82) is 0 Å². The second-order valence-corrected chi connectivity index (χ2v) is 11.2. The maximum Gasteiger partial charge on any atom is 0.410 e. The number of carbonyl (C=O) groups excluding carboxylic acids is 1. The minimum absolute atomic E-state index is 0.180. The first-order valence-electron chi connectivity index (χ1n) is 12.2. The summed E-state index contributed by atoms with van der Waals surface area (Å²) in [6, 6.07) is 7.60. The highest BCUT2D eigenvalue weighted by atomic mass is 32.1. The number of nitrogens with zero attached hydrogens (tertiary/aromatic N) is 6. The summed E-state index contributed by atoms with van der Waals surface area (Å²) in [5.41, 5.74) is 1.39. The van der Waals surface area contributed by atoms with Crippen LogP contribution in [0.1, 0.15) is 63.1 Å². The molecule has 0 radical (unpaired) electrons. The van der Waals surface area contributed by atoms with Gasteiger partial charge in [-0.2, -0.15) is 0 Å². The van der Waals surface area contributed by atoms with Gasteiger partial charge in [0.15, 0.2) is 0 Å². The van der Waals surface area contributed by atoms with E-state index in [1.807, 2.05) is 43.0 Å². The van der Waals surface area contributed by atoms with Gasteiger partial charge in [-0.15, -0.1) is 16.4 Å². The summed E-state index contributed by atoms with van der Waals surface area (Å²) in [7, 11) is 0. The van der Waals surface area contributed by atoms with E-state index in [0.717, 1.165) is 47.3 Å². The van der Waals surface area contributed by atoms with Crippen LogP contribution in [0.2, 0.25) is 0 Å². The molecule has 10 heteroatoms. The fourth-order valence-electron chi connectivity index (χ4n) is 4.67. The molecule has 0 spiro atoms. The monoisotopic (exact) mass is 496 g/mol. The number of tetrazole rings is 1. The van der Waals surface area contributed by atoms with Gasteiger partial charge in [0.1, 0.15) is 24.3 Å². The Hall–Kier alpha value is -3.01. The van der Waals surface area contributed by atoms with Crippen LogP contribution < -0.4 is 4.74 Å². The average Bonchev–Trinajstić information content (AvgIpc) is 3.27. The molecule has 1 saturated heterocycles. The van der Waals surface area contributed by atoms with Gasteiger partial charge in [0.05, 0.1) is 16.4 Å². The van der Waals surface area contributed by atoms with Crippen LogP contribution in [0.15, 0.2) is 36.0 Å². The van der Waals surface area contributed by atoms with Crippen LogP contribution in [0.25, 0.3) is 5.69 Å². The molecule has 0 bridgehead atoms. The maximum atomic E-state index is 12.7. The summed E-state index contributed by atoms with van der Waals surface area (Å²) in [6.45, 7) is 8.16. The zero-order valence-electron chi connectivity index (χ0n) is 20.5. The van der Waals surface area contributed by atoms with Crippen LogP contribution in [0.5, 0.6) is 5.75 Å². The molecule has 1 aromatic carbocycles. The summed E-state index contributed by atoms with van der Waals surface area (Å²) in [5.74, 6) is 2.60. The normalized spacial score (nSPS) is 20.6. The van der Waals surface area contributed by atoms with E-state index >= 15 is 0 Å². The van der Waals surface area contributed by atoms with Gasteiger partial charge in [0.25, 0.3) is 0 Å². The molecule has 0 N–H and O–H groups in total. The zero-order valence-corrected chi connectivity index (χ0v) is 21.3. The van der Waals surface area contributed by atoms with Gasteiger partial charge in [-0.1, -0.05) is 6.92 Å². The van der Waals surface area contributed by atoms with Gasteiger partial charge in [-0.05, 0) is 86.1 Å². The van der Waals surface area contributed by atoms with Crippen molar-refractivity contribution in [2.45, 2.75) is 64.6 Å². The van der Waals surface area contributed by atoms with Crippen LogP contribution >= 0.6 is 11.3 Å². The number of benzene rings is 1. The Labute approximate surface area is 209 Å². The van der Waals surface area contributed by atoms with Crippen molar-refractivity contribution < 1.29 is 14.3 Å². The fourth-order valence-corrected chi connectivity index (χ4v) is 5.65. The van der Waals surface area contributed by atoms with E-state index in [1.54, 1.807) is 22.3 Å². The summed E-state index contributed by atoms with van der Waals surface area (Å²) in [5, 5.41) is 14.4. The Morgan fingerprint density at radius 3 is 2.60 bits per heavy atom. The lowest BCUT2D eigenvalue weighted by molar-refractivity contribution is 0.000957. The summed E-state index contributed by atoms with van der Waals surface area (Å²) < 4.78 is 13.4. The first-order valence-corrected chi connectivity index (χ1v) is 13.1. The van der Waals surface area contributed by atoms with Crippen LogP contribution in [-0.2, 0) is 11.3 Å². The number of aromatic nitrogens is 5. The highest BCUT2D eigenvalue weighted by Crippen LogP contribution is 2.44. The Balaban J connectivity index is 1.08. The second-order valence-electron chi connectivity index (χ2n) is 10.3. The van der Waals surface area contributed by atoms with Crippen molar-refractivity contribution in [3.8, 4) is 11.4 Å². The predicted molar refractivity (Wildman–Crippen MR) is 132 cm³/mol. The molecule has 2 fully saturated rings. The number of hydrogen-bond acceptors (Lipinski definition) is 8. The largest absolute Gasteiger partial charge is 0.487 e. The first kappa shape index (κ1) is 23.7. The molecule has 2 atom stereocenters. The highest BCUT2D eigenvalue weighted by Gasteiger charge is 2.39. The van der Waals surface area contributed by atoms with Crippen molar-refractivity contribution >= 4 is 17.4 Å². The topological polar surface area (TPSA) is 95.3 Å². The Kier molecular flexibility index (Phi) is 6.73. The molecule has 2 aromatic heterocycles. The highest BCUT2D eigenvalue weighted by molar-refractivity contribution is 7.09. The number of thiazole rings is 1. The number of piperidine rings is 1. The van der Waals surface area contributed by atoms with Crippen molar-refractivity contribution in [3.05, 3.63) is 46.7 Å². The summed E-state index contributed by atoms with van der Waals surface area (Å²) in [6.07, 6.45) is 5.38. The summed E-state index contributed by atoms with van der Waals surface area (Å²) >= 11 is 1.67. The fraction of sp³-hybridized carbons (Fsp3) is 0.560. The molecule has 2 aliphatic rings. The third-order valence-corrected chi connectivity index (χ3v) is 7.96.